The van der Waals surface area contributed by atoms with Crippen LogP contribution in [0.4, 0.5) is 8.78 Å². The van der Waals surface area contributed by atoms with Gasteiger partial charge >= 0.3 is 29.6 Å². The average Bonchev–Trinajstić information content (AvgIpc) is 2.03. The zero-order valence-corrected chi connectivity index (χ0v) is 9.50. The molecule has 0 amide bonds. The van der Waals surface area contributed by atoms with Gasteiger partial charge in [-0.05, 0) is 12.1 Å². The van der Waals surface area contributed by atoms with E-state index in [1.807, 2.05) is 0 Å². The normalized spacial score (nSPS) is 9.86. The van der Waals surface area contributed by atoms with Crippen LogP contribution in [-0.2, 0) is 0 Å². The van der Waals surface area contributed by atoms with Gasteiger partial charge in [-0.2, -0.15) is 0 Å². The maximum atomic E-state index is 12.5. The molecule has 0 aromatic heterocycles. The Morgan fingerprint density at radius 1 is 1.29 bits per heavy atom. The molecule has 1 rings (SSSR count). The van der Waals surface area contributed by atoms with E-state index in [-0.39, 0.29) is 36.5 Å². The molecular weight excluding hydrogens is 201 g/mol. The summed E-state index contributed by atoms with van der Waals surface area (Å²) in [4.78, 5) is 11.0. The summed E-state index contributed by atoms with van der Waals surface area (Å²) in [6.45, 7) is 0. The number of carbonyl (C=O) groups excluding carboxylic acids is 1. The molecule has 0 radical (unpaired) electrons. The van der Waals surface area contributed by atoms with E-state index in [0.717, 1.165) is 18.2 Å². The van der Waals surface area contributed by atoms with E-state index in [4.69, 9.17) is 5.11 Å². The van der Waals surface area contributed by atoms with E-state index in [0.29, 0.717) is 12.3 Å². The number of hydrogen-bond donors (Lipinski definition) is 1. The van der Waals surface area contributed by atoms with Gasteiger partial charge in [0.1, 0.15) is 11.6 Å². The van der Waals surface area contributed by atoms with Crippen LogP contribution in [0.1, 0.15) is 11.8 Å². The van der Waals surface area contributed by atoms with E-state index in [1.165, 1.54) is 0 Å². The smallest absolute Gasteiger partial charge is 1.00 e. The third-order valence-electron chi connectivity index (χ3n) is 1.37. The molecule has 0 bridgehead atoms. The molecule has 5 heteroatoms. The molecule has 0 aliphatic rings. The summed E-state index contributed by atoms with van der Waals surface area (Å²) in [5, 5.41) is 8.25. The van der Waals surface area contributed by atoms with Crippen LogP contribution < -0.4 is 29.6 Å². The molecule has 0 aliphatic heterocycles. The summed E-state index contributed by atoms with van der Waals surface area (Å²) >= 11 is 0. The Morgan fingerprint density at radius 3 is 2.21 bits per heavy atom. The molecule has 0 aliphatic carbocycles. The van der Waals surface area contributed by atoms with Crippen LogP contribution in [0.15, 0.2) is 30.5 Å². The SMILES string of the molecule is O=C(/C=C/O)c1cc(F)cc(F)c1.[H-].[Na+]. The number of ketones is 1. The van der Waals surface area contributed by atoms with Crippen molar-refractivity contribution < 1.29 is 49.7 Å². The number of allylic oxidation sites excluding steroid dienone is 1. The summed E-state index contributed by atoms with van der Waals surface area (Å²) in [6.07, 6.45) is 1.33. The van der Waals surface area contributed by atoms with Crippen LogP contribution in [0, 0.1) is 11.6 Å². The van der Waals surface area contributed by atoms with Gasteiger partial charge in [0.15, 0.2) is 5.78 Å². The number of aliphatic hydroxyl groups is 1. The van der Waals surface area contributed by atoms with Crippen LogP contribution in [0.2, 0.25) is 0 Å². The van der Waals surface area contributed by atoms with Gasteiger partial charge in [-0.3, -0.25) is 4.79 Å². The van der Waals surface area contributed by atoms with Crippen molar-refractivity contribution in [1.82, 2.24) is 0 Å². The van der Waals surface area contributed by atoms with Crippen molar-refractivity contribution >= 4 is 5.78 Å². The minimum Gasteiger partial charge on any atom is -1.00 e. The molecule has 2 nitrogen and oxygen atoms in total. The average molecular weight is 208 g/mol. The van der Waals surface area contributed by atoms with Gasteiger partial charge in [0, 0.05) is 17.7 Å². The van der Waals surface area contributed by atoms with Gasteiger partial charge in [-0.25, -0.2) is 8.78 Å². The molecule has 0 fully saturated rings. The number of benzene rings is 1. The fraction of sp³-hybridized carbons (Fsp3) is 0. The van der Waals surface area contributed by atoms with Crippen molar-refractivity contribution in [2.45, 2.75) is 0 Å². The van der Waals surface area contributed by atoms with Crippen molar-refractivity contribution in [2.24, 2.45) is 0 Å². The van der Waals surface area contributed by atoms with Crippen LogP contribution in [0.3, 0.4) is 0 Å². The second-order valence-electron chi connectivity index (χ2n) is 2.34. The number of carbonyl (C=O) groups is 1. The van der Waals surface area contributed by atoms with E-state index in [9.17, 15) is 13.6 Å². The van der Waals surface area contributed by atoms with Gasteiger partial charge in [0.25, 0.3) is 0 Å². The Morgan fingerprint density at radius 2 is 1.79 bits per heavy atom. The maximum absolute atomic E-state index is 12.5. The van der Waals surface area contributed by atoms with E-state index >= 15 is 0 Å². The van der Waals surface area contributed by atoms with E-state index < -0.39 is 17.4 Å². The second kappa shape index (κ2) is 5.90. The maximum Gasteiger partial charge on any atom is 1.00 e. The van der Waals surface area contributed by atoms with Crippen LogP contribution in [0.25, 0.3) is 0 Å². The van der Waals surface area contributed by atoms with Gasteiger partial charge < -0.3 is 6.53 Å². The molecule has 0 saturated heterocycles. The molecular formula is C9H7F2NaO2. The summed E-state index contributed by atoms with van der Waals surface area (Å²) in [7, 11) is 0. The largest absolute Gasteiger partial charge is 1.00 e. The minimum absolute atomic E-state index is 0. The molecule has 1 aromatic rings. The van der Waals surface area contributed by atoms with Crippen molar-refractivity contribution in [3.8, 4) is 0 Å². The van der Waals surface area contributed by atoms with Crippen LogP contribution in [-0.4, -0.2) is 10.9 Å². The minimum atomic E-state index is -0.824. The summed E-state index contributed by atoms with van der Waals surface area (Å²) < 4.78 is 25.1. The molecule has 0 saturated carbocycles. The zero-order chi connectivity index (χ0) is 9.84. The first kappa shape index (κ1) is 13.3. The number of halogens is 2. The molecule has 0 atom stereocenters. The molecule has 1 aromatic carbocycles. The predicted molar refractivity (Wildman–Crippen MR) is 43.6 cm³/mol. The molecule has 70 valence electrons. The monoisotopic (exact) mass is 208 g/mol. The Kier molecular flexibility index (Phi) is 5.60. The van der Waals surface area contributed by atoms with Crippen molar-refractivity contribution in [2.75, 3.05) is 0 Å². The molecule has 0 heterocycles. The van der Waals surface area contributed by atoms with Gasteiger partial charge in [-0.1, -0.05) is 0 Å². The predicted octanol–water partition coefficient (Wildman–Crippen LogP) is -0.664. The first-order valence-electron chi connectivity index (χ1n) is 3.44. The topological polar surface area (TPSA) is 37.3 Å². The first-order chi connectivity index (χ1) is 6.13. The number of rotatable bonds is 2. The Hall–Kier alpha value is -0.710. The summed E-state index contributed by atoms with van der Waals surface area (Å²) in [5.74, 6) is -2.30. The summed E-state index contributed by atoms with van der Waals surface area (Å²) in [6, 6.07) is 2.45. The van der Waals surface area contributed by atoms with E-state index in [1.54, 1.807) is 0 Å². The quantitative estimate of drug-likeness (QED) is 0.303. The standard InChI is InChI=1S/C9H6F2O2.Na.H/c10-7-3-6(4-8(11)5-7)9(13)1-2-12;;/h1-5,12H;;/q;+1;-1/b2-1+;;. The fourth-order valence-electron chi connectivity index (χ4n) is 0.860. The first-order valence-corrected chi connectivity index (χ1v) is 3.44. The Balaban J connectivity index is 0. The van der Waals surface area contributed by atoms with Crippen molar-refractivity contribution in [3.05, 3.63) is 47.7 Å². The Labute approximate surface area is 103 Å². The van der Waals surface area contributed by atoms with Crippen molar-refractivity contribution in [3.63, 3.8) is 0 Å². The van der Waals surface area contributed by atoms with Gasteiger partial charge in [-0.15, -0.1) is 0 Å². The molecule has 14 heavy (non-hydrogen) atoms. The van der Waals surface area contributed by atoms with E-state index in [2.05, 4.69) is 0 Å². The van der Waals surface area contributed by atoms with Gasteiger partial charge in [0.2, 0.25) is 0 Å². The van der Waals surface area contributed by atoms with Crippen LogP contribution >= 0.6 is 0 Å². The molecule has 0 unspecified atom stereocenters. The number of hydrogen-bond acceptors (Lipinski definition) is 2. The fourth-order valence-corrected chi connectivity index (χ4v) is 0.860. The second-order valence-corrected chi connectivity index (χ2v) is 2.34. The van der Waals surface area contributed by atoms with Crippen molar-refractivity contribution in [1.29, 1.82) is 0 Å². The number of aliphatic hydroxyl groups excluding tert-OH is 1. The zero-order valence-electron chi connectivity index (χ0n) is 8.50. The third-order valence-corrected chi connectivity index (χ3v) is 1.37. The van der Waals surface area contributed by atoms with Gasteiger partial charge in [0.05, 0.1) is 6.26 Å². The van der Waals surface area contributed by atoms with Crippen LogP contribution in [0.5, 0.6) is 0 Å². The molecule has 0 spiro atoms. The Bertz CT molecular complexity index is 349. The third kappa shape index (κ3) is 3.57. The molecule has 1 N–H and O–H groups in total. The summed E-state index contributed by atoms with van der Waals surface area (Å²) in [5.41, 5.74) is -0.136.